The van der Waals surface area contributed by atoms with E-state index in [0.717, 1.165) is 16.5 Å². The lowest BCUT2D eigenvalue weighted by atomic mass is 10.1. The van der Waals surface area contributed by atoms with Gasteiger partial charge < -0.3 is 9.15 Å². The van der Waals surface area contributed by atoms with Gasteiger partial charge in [-0.3, -0.25) is 4.57 Å². The number of fused-ring (bicyclic) bond motifs is 2. The van der Waals surface area contributed by atoms with Crippen LogP contribution in [0.3, 0.4) is 0 Å². The van der Waals surface area contributed by atoms with Crippen LogP contribution in [0, 0.1) is 6.92 Å². The van der Waals surface area contributed by atoms with E-state index in [1.807, 2.05) is 31.2 Å². The van der Waals surface area contributed by atoms with Crippen LogP contribution in [0.5, 0.6) is 0 Å². The van der Waals surface area contributed by atoms with Crippen molar-refractivity contribution < 1.29 is 13.9 Å². The second-order valence-corrected chi connectivity index (χ2v) is 6.88. The minimum Gasteiger partial charge on any atom is -0.458 e. The molecule has 4 aromatic rings. The highest BCUT2D eigenvalue weighted by Crippen LogP contribution is 2.27. The lowest BCUT2D eigenvalue weighted by Gasteiger charge is -2.14. The van der Waals surface area contributed by atoms with E-state index in [1.54, 1.807) is 31.2 Å². The molecule has 0 saturated carbocycles. The van der Waals surface area contributed by atoms with E-state index in [1.165, 1.54) is 4.57 Å². The number of nitrogens with zero attached hydrogens (tertiary/aromatic N) is 2. The molecule has 4 rings (SSSR count). The summed E-state index contributed by atoms with van der Waals surface area (Å²) in [7, 11) is 0. The molecular weight excluding hydrogens is 380 g/mol. The van der Waals surface area contributed by atoms with Gasteiger partial charge in [0.1, 0.15) is 12.6 Å². The first-order chi connectivity index (χ1) is 13.5. The number of esters is 1. The van der Waals surface area contributed by atoms with Gasteiger partial charge in [-0.1, -0.05) is 41.9 Å². The van der Waals surface area contributed by atoms with Crippen LogP contribution < -0.4 is 5.76 Å². The lowest BCUT2D eigenvalue weighted by molar-refractivity contribution is -0.148. The predicted molar refractivity (Wildman–Crippen MR) is 106 cm³/mol. The molecule has 2 aromatic carbocycles. The standard InChI is InChI=1S/C21H17ClN2O4/c1-12-14-7-3-4-8-15(14)23-16(19(12)22)11-27-20(25)13(2)24-17-9-5-6-10-18(17)28-21(24)26/h3-10,13H,11H2,1-2H3. The molecule has 7 heteroatoms. The number of carbonyl (C=O) groups is 1. The van der Waals surface area contributed by atoms with Gasteiger partial charge in [0, 0.05) is 5.39 Å². The average Bonchev–Trinajstić information content (AvgIpc) is 3.04. The van der Waals surface area contributed by atoms with Crippen molar-refractivity contribution in [3.8, 4) is 0 Å². The topological polar surface area (TPSA) is 74.3 Å². The molecule has 0 amide bonds. The van der Waals surface area contributed by atoms with Crippen LogP contribution in [0.1, 0.15) is 24.2 Å². The number of pyridine rings is 1. The van der Waals surface area contributed by atoms with Crippen molar-refractivity contribution in [2.24, 2.45) is 0 Å². The number of benzene rings is 2. The molecule has 0 fully saturated rings. The van der Waals surface area contributed by atoms with Crippen molar-refractivity contribution in [2.45, 2.75) is 26.5 Å². The molecule has 0 aliphatic rings. The fourth-order valence-electron chi connectivity index (χ4n) is 3.23. The van der Waals surface area contributed by atoms with Gasteiger partial charge in [-0.05, 0) is 37.6 Å². The van der Waals surface area contributed by atoms with E-state index < -0.39 is 17.8 Å². The predicted octanol–water partition coefficient (Wildman–Crippen LogP) is 4.41. The van der Waals surface area contributed by atoms with Crippen molar-refractivity contribution in [2.75, 3.05) is 0 Å². The summed E-state index contributed by atoms with van der Waals surface area (Å²) in [5.41, 5.74) is 3.09. The van der Waals surface area contributed by atoms with Gasteiger partial charge in [0.25, 0.3) is 0 Å². The Morgan fingerprint density at radius 3 is 2.75 bits per heavy atom. The molecule has 0 spiro atoms. The molecular formula is C21H17ClN2O4. The third-order valence-corrected chi connectivity index (χ3v) is 5.25. The van der Waals surface area contributed by atoms with Gasteiger partial charge in [-0.2, -0.15) is 0 Å². The molecule has 0 radical (unpaired) electrons. The number of carbonyl (C=O) groups excluding carboxylic acids is 1. The summed E-state index contributed by atoms with van der Waals surface area (Å²) in [4.78, 5) is 29.2. The van der Waals surface area contributed by atoms with Crippen molar-refractivity contribution in [3.05, 3.63) is 75.4 Å². The molecule has 1 atom stereocenters. The van der Waals surface area contributed by atoms with Crippen LogP contribution in [0.2, 0.25) is 5.02 Å². The summed E-state index contributed by atoms with van der Waals surface area (Å²) < 4.78 is 11.9. The molecule has 142 valence electrons. The number of ether oxygens (including phenoxy) is 1. The molecule has 2 heterocycles. The van der Waals surface area contributed by atoms with Gasteiger partial charge in [0.2, 0.25) is 0 Å². The zero-order chi connectivity index (χ0) is 19.8. The highest BCUT2D eigenvalue weighted by atomic mass is 35.5. The number of halogens is 1. The van der Waals surface area contributed by atoms with Crippen LogP contribution in [-0.4, -0.2) is 15.5 Å². The summed E-state index contributed by atoms with van der Waals surface area (Å²) >= 11 is 6.41. The smallest absolute Gasteiger partial charge is 0.420 e. The minimum absolute atomic E-state index is 0.0851. The Balaban J connectivity index is 1.59. The number of rotatable bonds is 4. The number of hydrogen-bond acceptors (Lipinski definition) is 5. The number of hydrogen-bond donors (Lipinski definition) is 0. The van der Waals surface area contributed by atoms with Crippen molar-refractivity contribution in [1.29, 1.82) is 0 Å². The summed E-state index contributed by atoms with van der Waals surface area (Å²) in [6, 6.07) is 13.7. The molecule has 6 nitrogen and oxygen atoms in total. The highest BCUT2D eigenvalue weighted by Gasteiger charge is 2.23. The normalized spacial score (nSPS) is 12.4. The van der Waals surface area contributed by atoms with E-state index in [2.05, 4.69) is 4.98 Å². The van der Waals surface area contributed by atoms with Crippen LogP contribution in [0.15, 0.2) is 57.7 Å². The van der Waals surface area contributed by atoms with Gasteiger partial charge in [-0.15, -0.1) is 0 Å². The highest BCUT2D eigenvalue weighted by molar-refractivity contribution is 6.32. The SMILES string of the molecule is Cc1c(Cl)c(COC(=O)C(C)n2c(=O)oc3ccccc32)nc2ccccc12. The molecule has 1 unspecified atom stereocenters. The Morgan fingerprint density at radius 1 is 1.21 bits per heavy atom. The quantitative estimate of drug-likeness (QED) is 0.478. The Morgan fingerprint density at radius 2 is 1.93 bits per heavy atom. The van der Waals surface area contributed by atoms with Crippen molar-refractivity contribution in [3.63, 3.8) is 0 Å². The fraction of sp³-hybridized carbons (Fsp3) is 0.190. The minimum atomic E-state index is -0.850. The van der Waals surface area contributed by atoms with Gasteiger partial charge in [0.05, 0.1) is 21.7 Å². The van der Waals surface area contributed by atoms with Gasteiger partial charge in [-0.25, -0.2) is 14.6 Å². The molecule has 2 aromatic heterocycles. The fourth-order valence-corrected chi connectivity index (χ4v) is 3.43. The summed E-state index contributed by atoms with van der Waals surface area (Å²) in [5, 5.41) is 1.41. The Labute approximate surface area is 165 Å². The second-order valence-electron chi connectivity index (χ2n) is 6.50. The van der Waals surface area contributed by atoms with Crippen LogP contribution in [0.25, 0.3) is 22.0 Å². The van der Waals surface area contributed by atoms with E-state index in [4.69, 9.17) is 20.8 Å². The maximum atomic E-state index is 12.6. The molecule has 0 N–H and O–H groups in total. The summed E-state index contributed by atoms with van der Waals surface area (Å²) in [6.45, 7) is 3.40. The zero-order valence-electron chi connectivity index (χ0n) is 15.3. The third kappa shape index (κ3) is 3.05. The maximum absolute atomic E-state index is 12.6. The number of para-hydroxylation sites is 3. The van der Waals surface area contributed by atoms with Crippen LogP contribution in [-0.2, 0) is 16.1 Å². The number of oxazole rings is 1. The molecule has 0 saturated heterocycles. The number of aryl methyl sites for hydroxylation is 1. The summed E-state index contributed by atoms with van der Waals surface area (Å²) in [6.07, 6.45) is 0. The van der Waals surface area contributed by atoms with Crippen molar-refractivity contribution in [1.82, 2.24) is 9.55 Å². The van der Waals surface area contributed by atoms with E-state index >= 15 is 0 Å². The zero-order valence-corrected chi connectivity index (χ0v) is 16.1. The first-order valence-corrected chi connectivity index (χ1v) is 9.15. The first kappa shape index (κ1) is 18.3. The third-order valence-electron chi connectivity index (χ3n) is 4.74. The van der Waals surface area contributed by atoms with E-state index in [0.29, 0.717) is 21.8 Å². The Bertz CT molecular complexity index is 1260. The van der Waals surface area contributed by atoms with Gasteiger partial charge >= 0.3 is 11.7 Å². The second kappa shape index (κ2) is 7.13. The average molecular weight is 397 g/mol. The Hall–Kier alpha value is -3.12. The summed E-state index contributed by atoms with van der Waals surface area (Å²) in [5.74, 6) is -1.18. The number of aromatic nitrogens is 2. The maximum Gasteiger partial charge on any atom is 0.420 e. The van der Waals surface area contributed by atoms with E-state index in [9.17, 15) is 9.59 Å². The molecule has 28 heavy (non-hydrogen) atoms. The molecule has 0 aliphatic heterocycles. The lowest BCUT2D eigenvalue weighted by Crippen LogP contribution is -2.26. The first-order valence-electron chi connectivity index (χ1n) is 8.78. The van der Waals surface area contributed by atoms with E-state index in [-0.39, 0.29) is 6.61 Å². The Kier molecular flexibility index (Phi) is 4.65. The molecule has 0 aliphatic carbocycles. The molecule has 0 bridgehead atoms. The van der Waals surface area contributed by atoms with Crippen LogP contribution >= 0.6 is 11.6 Å². The largest absolute Gasteiger partial charge is 0.458 e. The van der Waals surface area contributed by atoms with Crippen molar-refractivity contribution >= 4 is 39.6 Å². The monoisotopic (exact) mass is 396 g/mol. The van der Waals surface area contributed by atoms with Gasteiger partial charge in [0.15, 0.2) is 5.58 Å². The van der Waals surface area contributed by atoms with Crippen LogP contribution in [0.4, 0.5) is 0 Å².